The zero-order valence-electron chi connectivity index (χ0n) is 34.3. The molecule has 1 aliphatic carbocycles. The van der Waals surface area contributed by atoms with Gasteiger partial charge in [0.25, 0.3) is 0 Å². The highest BCUT2D eigenvalue weighted by atomic mass is 14.4. The molecule has 0 saturated heterocycles. The van der Waals surface area contributed by atoms with Gasteiger partial charge in [-0.2, -0.15) is 0 Å². The summed E-state index contributed by atoms with van der Waals surface area (Å²) >= 11 is 0. The molecule has 0 aromatic heterocycles. The lowest BCUT2D eigenvalue weighted by Gasteiger charge is -2.23. The van der Waals surface area contributed by atoms with Crippen LogP contribution in [0.4, 0.5) is 0 Å². The molecule has 0 bridgehead atoms. The smallest absolute Gasteiger partial charge is 0.0159 e. The average Bonchev–Trinajstić information content (AvgIpc) is 3.54. The molecule has 1 aliphatic rings. The number of hydrogen-bond acceptors (Lipinski definition) is 0. The van der Waals surface area contributed by atoms with E-state index in [-0.39, 0.29) is 5.41 Å². The van der Waals surface area contributed by atoms with Crippen molar-refractivity contribution in [1.29, 1.82) is 0 Å². The van der Waals surface area contributed by atoms with Crippen molar-refractivity contribution in [3.05, 3.63) is 230 Å². The van der Waals surface area contributed by atoms with Crippen LogP contribution in [0.3, 0.4) is 0 Å². The topological polar surface area (TPSA) is 0 Å². The number of benzene rings is 11. The Morgan fingerprint density at radius 1 is 0.246 bits per heavy atom. The van der Waals surface area contributed by atoms with Gasteiger partial charge in [-0.3, -0.25) is 0 Å². The fourth-order valence-electron chi connectivity index (χ4n) is 10.4. The maximum atomic E-state index is 2.44. The molecule has 11 aromatic carbocycles. The summed E-state index contributed by atoms with van der Waals surface area (Å²) in [6.07, 6.45) is 0. The molecular formula is C61H42. The molecule has 0 fully saturated rings. The Balaban J connectivity index is 0.879. The minimum Gasteiger partial charge on any atom is -0.0622 e. The van der Waals surface area contributed by atoms with Gasteiger partial charge in [0, 0.05) is 5.41 Å². The first-order chi connectivity index (χ1) is 30.0. The van der Waals surface area contributed by atoms with Gasteiger partial charge in [-0.15, -0.1) is 0 Å². The van der Waals surface area contributed by atoms with Crippen molar-refractivity contribution in [2.45, 2.75) is 19.3 Å². The molecule has 0 radical (unpaired) electrons. The first kappa shape index (κ1) is 35.4. The number of fused-ring (bicyclic) bond motifs is 7. The fourth-order valence-corrected chi connectivity index (χ4v) is 10.4. The van der Waals surface area contributed by atoms with Gasteiger partial charge in [-0.1, -0.05) is 214 Å². The van der Waals surface area contributed by atoms with Gasteiger partial charge in [0.05, 0.1) is 0 Å². The Morgan fingerprint density at radius 3 is 0.984 bits per heavy atom. The zero-order valence-corrected chi connectivity index (χ0v) is 34.3. The summed E-state index contributed by atoms with van der Waals surface area (Å²) in [5.41, 5.74) is 17.9. The van der Waals surface area contributed by atoms with Crippen LogP contribution in [0.1, 0.15) is 25.0 Å². The van der Waals surface area contributed by atoms with Crippen LogP contribution in [0.25, 0.3) is 110 Å². The molecular weight excluding hydrogens is 733 g/mol. The molecule has 11 aromatic rings. The lowest BCUT2D eigenvalue weighted by atomic mass is 9.80. The van der Waals surface area contributed by atoms with Crippen LogP contribution in [0, 0.1) is 0 Å². The monoisotopic (exact) mass is 774 g/mol. The van der Waals surface area contributed by atoms with Crippen molar-refractivity contribution in [3.63, 3.8) is 0 Å². The molecule has 0 spiro atoms. The maximum Gasteiger partial charge on any atom is 0.0159 e. The van der Waals surface area contributed by atoms with E-state index in [2.05, 4.69) is 232 Å². The minimum atomic E-state index is -0.142. The van der Waals surface area contributed by atoms with E-state index >= 15 is 0 Å². The van der Waals surface area contributed by atoms with E-state index in [4.69, 9.17) is 0 Å². The molecule has 61 heavy (non-hydrogen) atoms. The van der Waals surface area contributed by atoms with E-state index in [0.717, 1.165) is 0 Å². The van der Waals surface area contributed by atoms with Crippen molar-refractivity contribution >= 4 is 43.1 Å². The molecule has 0 nitrogen and oxygen atoms in total. The summed E-state index contributed by atoms with van der Waals surface area (Å²) in [6.45, 7) is 4.77. The summed E-state index contributed by atoms with van der Waals surface area (Å²) in [4.78, 5) is 0. The Bertz CT molecular complexity index is 3400. The predicted octanol–water partition coefficient (Wildman–Crippen LogP) is 16.9. The highest BCUT2D eigenvalue weighted by molar-refractivity contribution is 6.21. The fraction of sp³-hybridized carbons (Fsp3) is 0.0492. The van der Waals surface area contributed by atoms with Gasteiger partial charge in [0.2, 0.25) is 0 Å². The van der Waals surface area contributed by atoms with Crippen LogP contribution in [0.15, 0.2) is 218 Å². The van der Waals surface area contributed by atoms with E-state index in [9.17, 15) is 0 Å². The normalized spacial score (nSPS) is 12.9. The average molecular weight is 775 g/mol. The second kappa shape index (κ2) is 13.8. The number of hydrogen-bond donors (Lipinski definition) is 0. The van der Waals surface area contributed by atoms with E-state index in [1.54, 1.807) is 0 Å². The lowest BCUT2D eigenvalue weighted by Crippen LogP contribution is -2.15. The van der Waals surface area contributed by atoms with Crippen molar-refractivity contribution in [2.75, 3.05) is 0 Å². The number of rotatable bonds is 5. The molecule has 0 heteroatoms. The minimum absolute atomic E-state index is 0.142. The van der Waals surface area contributed by atoms with Crippen LogP contribution in [-0.4, -0.2) is 0 Å². The summed E-state index contributed by atoms with van der Waals surface area (Å²) in [6, 6.07) is 81.0. The van der Waals surface area contributed by atoms with E-state index in [1.807, 2.05) is 0 Å². The first-order valence-corrected chi connectivity index (χ1v) is 21.4. The third-order valence-corrected chi connectivity index (χ3v) is 13.5. The Morgan fingerprint density at radius 2 is 0.557 bits per heavy atom. The van der Waals surface area contributed by atoms with Crippen LogP contribution < -0.4 is 0 Å². The summed E-state index contributed by atoms with van der Waals surface area (Å²) < 4.78 is 0. The second-order valence-electron chi connectivity index (χ2n) is 17.2. The largest absolute Gasteiger partial charge is 0.0622 e. The van der Waals surface area contributed by atoms with Gasteiger partial charge in [-0.25, -0.2) is 0 Å². The van der Waals surface area contributed by atoms with E-state index in [1.165, 1.54) is 121 Å². The van der Waals surface area contributed by atoms with Crippen molar-refractivity contribution < 1.29 is 0 Å². The SMILES string of the molecule is CC1(C)c2cc(-c3ccc(-c4c5ccccc5cc5ccccc45)cc3)ccc2-c2ccc(-c3ccc(-c4c5ccccc5c(-c5ccccc5)c5ccccc45)cc3)cc21. The van der Waals surface area contributed by atoms with Crippen LogP contribution in [0.5, 0.6) is 0 Å². The van der Waals surface area contributed by atoms with Crippen LogP contribution in [-0.2, 0) is 5.41 Å². The van der Waals surface area contributed by atoms with Crippen molar-refractivity contribution in [2.24, 2.45) is 0 Å². The van der Waals surface area contributed by atoms with Gasteiger partial charge in [0.15, 0.2) is 0 Å². The van der Waals surface area contributed by atoms with Crippen molar-refractivity contribution in [1.82, 2.24) is 0 Å². The first-order valence-electron chi connectivity index (χ1n) is 21.4. The summed E-state index contributed by atoms with van der Waals surface area (Å²) in [7, 11) is 0. The van der Waals surface area contributed by atoms with Gasteiger partial charge in [-0.05, 0) is 139 Å². The Hall–Kier alpha value is -7.54. The Kier molecular flexibility index (Phi) is 7.99. The zero-order chi connectivity index (χ0) is 40.7. The maximum absolute atomic E-state index is 2.44. The standard InChI is InChI=1S/C61H42/c1-61(2)56-37-44(39-24-28-42(29-25-39)58-48-18-8-6-16-46(48)36-47-17-7-9-19-49(47)58)32-34-50(56)51-35-33-45(38-57(51)61)40-26-30-43(31-27-40)60-54-22-12-10-20-52(54)59(41-14-4-3-5-15-41)53-21-11-13-23-55(53)60/h3-38H,1-2H3. The molecule has 0 saturated carbocycles. The van der Waals surface area contributed by atoms with E-state index in [0.29, 0.717) is 0 Å². The Labute approximate surface area is 357 Å². The lowest BCUT2D eigenvalue weighted by molar-refractivity contribution is 0.661. The third-order valence-electron chi connectivity index (χ3n) is 13.5. The van der Waals surface area contributed by atoms with Gasteiger partial charge < -0.3 is 0 Å². The third kappa shape index (κ3) is 5.60. The molecule has 0 aliphatic heterocycles. The molecule has 0 unspecified atom stereocenters. The highest BCUT2D eigenvalue weighted by Gasteiger charge is 2.36. The molecule has 0 amide bonds. The molecule has 0 heterocycles. The van der Waals surface area contributed by atoms with Gasteiger partial charge >= 0.3 is 0 Å². The molecule has 0 atom stereocenters. The van der Waals surface area contributed by atoms with E-state index < -0.39 is 0 Å². The summed E-state index contributed by atoms with van der Waals surface area (Å²) in [5, 5.41) is 10.2. The predicted molar refractivity (Wildman–Crippen MR) is 261 cm³/mol. The second-order valence-corrected chi connectivity index (χ2v) is 17.2. The molecule has 0 N–H and O–H groups in total. The van der Waals surface area contributed by atoms with Crippen LogP contribution in [0.2, 0.25) is 0 Å². The quantitative estimate of drug-likeness (QED) is 0.153. The van der Waals surface area contributed by atoms with Gasteiger partial charge in [0.1, 0.15) is 0 Å². The van der Waals surface area contributed by atoms with Crippen LogP contribution >= 0.6 is 0 Å². The molecule has 286 valence electrons. The van der Waals surface area contributed by atoms with Crippen molar-refractivity contribution in [3.8, 4) is 66.8 Å². The highest BCUT2D eigenvalue weighted by Crippen LogP contribution is 2.51. The summed E-state index contributed by atoms with van der Waals surface area (Å²) in [5.74, 6) is 0. The molecule has 12 rings (SSSR count).